The number of rotatable bonds is 5. The van der Waals surface area contributed by atoms with E-state index in [1.54, 1.807) is 11.8 Å². The summed E-state index contributed by atoms with van der Waals surface area (Å²) in [6, 6.07) is 3.99. The maximum Gasteiger partial charge on any atom is 0.130 e. The van der Waals surface area contributed by atoms with Gasteiger partial charge in [0.05, 0.1) is 0 Å². The molecule has 0 aromatic heterocycles. The summed E-state index contributed by atoms with van der Waals surface area (Å²) >= 11 is 1.74. The fourth-order valence-corrected chi connectivity index (χ4v) is 1.88. The first-order valence-corrected chi connectivity index (χ1v) is 6.19. The van der Waals surface area contributed by atoms with Gasteiger partial charge in [0, 0.05) is 30.0 Å². The van der Waals surface area contributed by atoms with E-state index in [0.717, 1.165) is 11.8 Å². The van der Waals surface area contributed by atoms with Gasteiger partial charge in [-0.15, -0.1) is 0 Å². The van der Waals surface area contributed by atoms with Crippen molar-refractivity contribution in [2.45, 2.75) is 19.5 Å². The standard InChI is InChI=1S/C11H15F2NS/c1-8(7-15-2)14-6-9-3-4-10(12)5-11(9)13/h3-5,8,14H,6-7H2,1-2H3. The van der Waals surface area contributed by atoms with Crippen molar-refractivity contribution in [1.82, 2.24) is 5.32 Å². The van der Waals surface area contributed by atoms with Crippen molar-refractivity contribution in [3.8, 4) is 0 Å². The third-order valence-corrected chi connectivity index (χ3v) is 2.91. The third-order valence-electron chi connectivity index (χ3n) is 2.07. The Hall–Kier alpha value is -0.610. The van der Waals surface area contributed by atoms with E-state index in [1.165, 1.54) is 12.1 Å². The van der Waals surface area contributed by atoms with Gasteiger partial charge in [0.2, 0.25) is 0 Å². The SMILES string of the molecule is CSCC(C)NCc1ccc(F)cc1F. The van der Waals surface area contributed by atoms with Gasteiger partial charge in [0.25, 0.3) is 0 Å². The second kappa shape index (κ2) is 6.08. The van der Waals surface area contributed by atoms with Gasteiger partial charge < -0.3 is 5.32 Å². The summed E-state index contributed by atoms with van der Waals surface area (Å²) in [7, 11) is 0. The Bertz CT molecular complexity index is 317. The molecule has 4 heteroatoms. The molecular formula is C11H15F2NS. The average Bonchev–Trinajstić information content (AvgIpc) is 2.17. The van der Waals surface area contributed by atoms with Crippen molar-refractivity contribution in [2.24, 2.45) is 0 Å². The van der Waals surface area contributed by atoms with Gasteiger partial charge in [-0.2, -0.15) is 11.8 Å². The van der Waals surface area contributed by atoms with E-state index in [0.29, 0.717) is 18.2 Å². The van der Waals surface area contributed by atoms with Crippen LogP contribution in [0, 0.1) is 11.6 Å². The van der Waals surface area contributed by atoms with E-state index in [1.807, 2.05) is 13.2 Å². The number of nitrogens with one attached hydrogen (secondary N) is 1. The van der Waals surface area contributed by atoms with Crippen LogP contribution in [0.3, 0.4) is 0 Å². The van der Waals surface area contributed by atoms with Crippen LogP contribution in [0.5, 0.6) is 0 Å². The van der Waals surface area contributed by atoms with Gasteiger partial charge in [0.1, 0.15) is 11.6 Å². The normalized spacial score (nSPS) is 12.8. The predicted molar refractivity (Wildman–Crippen MR) is 61.0 cm³/mol. The molecule has 0 radical (unpaired) electrons. The molecule has 0 aliphatic heterocycles. The zero-order valence-electron chi connectivity index (χ0n) is 8.89. The van der Waals surface area contributed by atoms with E-state index >= 15 is 0 Å². The first-order chi connectivity index (χ1) is 7.13. The van der Waals surface area contributed by atoms with Crippen LogP contribution < -0.4 is 5.32 Å². The zero-order valence-corrected chi connectivity index (χ0v) is 9.70. The molecule has 1 rings (SSSR count). The molecular weight excluding hydrogens is 216 g/mol. The van der Waals surface area contributed by atoms with Crippen molar-refractivity contribution in [2.75, 3.05) is 12.0 Å². The van der Waals surface area contributed by atoms with Crippen molar-refractivity contribution < 1.29 is 8.78 Å². The first-order valence-electron chi connectivity index (χ1n) is 4.79. The van der Waals surface area contributed by atoms with E-state index in [9.17, 15) is 8.78 Å². The second-order valence-corrected chi connectivity index (χ2v) is 4.38. The van der Waals surface area contributed by atoms with Gasteiger partial charge in [-0.05, 0) is 19.2 Å². The predicted octanol–water partition coefficient (Wildman–Crippen LogP) is 2.81. The average molecular weight is 231 g/mol. The molecule has 15 heavy (non-hydrogen) atoms. The van der Waals surface area contributed by atoms with Gasteiger partial charge in [0.15, 0.2) is 0 Å². The summed E-state index contributed by atoms with van der Waals surface area (Å²) < 4.78 is 25.8. The van der Waals surface area contributed by atoms with Gasteiger partial charge in [-0.1, -0.05) is 6.07 Å². The number of hydrogen-bond acceptors (Lipinski definition) is 2. The van der Waals surface area contributed by atoms with Crippen molar-refractivity contribution >= 4 is 11.8 Å². The van der Waals surface area contributed by atoms with E-state index in [-0.39, 0.29) is 0 Å². The molecule has 1 aromatic carbocycles. The maximum atomic E-state index is 13.2. The van der Waals surface area contributed by atoms with Crippen LogP contribution in [0.4, 0.5) is 8.78 Å². The van der Waals surface area contributed by atoms with Gasteiger partial charge in [-0.25, -0.2) is 8.78 Å². The quantitative estimate of drug-likeness (QED) is 0.836. The van der Waals surface area contributed by atoms with Crippen molar-refractivity contribution in [3.05, 3.63) is 35.4 Å². The molecule has 0 aliphatic rings. The molecule has 0 saturated heterocycles. The van der Waals surface area contributed by atoms with E-state index in [4.69, 9.17) is 0 Å². The summed E-state index contributed by atoms with van der Waals surface area (Å²) in [6.07, 6.45) is 2.02. The van der Waals surface area contributed by atoms with Gasteiger partial charge in [-0.3, -0.25) is 0 Å². The molecule has 0 saturated carbocycles. The van der Waals surface area contributed by atoms with Crippen LogP contribution in [0.25, 0.3) is 0 Å². The lowest BCUT2D eigenvalue weighted by molar-refractivity contribution is 0.543. The van der Waals surface area contributed by atoms with Crippen LogP contribution in [-0.4, -0.2) is 18.1 Å². The van der Waals surface area contributed by atoms with Gasteiger partial charge >= 0.3 is 0 Å². The Labute approximate surface area is 93.3 Å². The van der Waals surface area contributed by atoms with Crippen LogP contribution in [0.2, 0.25) is 0 Å². The molecule has 84 valence electrons. The zero-order chi connectivity index (χ0) is 11.3. The number of thioether (sulfide) groups is 1. The largest absolute Gasteiger partial charge is 0.309 e. The summed E-state index contributed by atoms with van der Waals surface area (Å²) in [5.74, 6) is -0.0460. The highest BCUT2D eigenvalue weighted by Gasteiger charge is 2.05. The minimum Gasteiger partial charge on any atom is -0.309 e. The fraction of sp³-hybridized carbons (Fsp3) is 0.455. The molecule has 1 unspecified atom stereocenters. The maximum absolute atomic E-state index is 13.2. The minimum absolute atomic E-state index is 0.324. The number of benzene rings is 1. The lowest BCUT2D eigenvalue weighted by atomic mass is 10.2. The summed E-state index contributed by atoms with van der Waals surface area (Å²) in [5.41, 5.74) is 0.504. The lowest BCUT2D eigenvalue weighted by Crippen LogP contribution is -2.27. The Morgan fingerprint density at radius 3 is 2.73 bits per heavy atom. The molecule has 1 N–H and O–H groups in total. The molecule has 1 atom stereocenters. The third kappa shape index (κ3) is 4.18. The van der Waals surface area contributed by atoms with E-state index in [2.05, 4.69) is 5.32 Å². The Kier molecular flexibility index (Phi) is 5.05. The number of hydrogen-bond donors (Lipinski definition) is 1. The highest BCUT2D eigenvalue weighted by Crippen LogP contribution is 2.09. The van der Waals surface area contributed by atoms with Crippen LogP contribution in [0.1, 0.15) is 12.5 Å². The van der Waals surface area contributed by atoms with Crippen LogP contribution in [0.15, 0.2) is 18.2 Å². The highest BCUT2D eigenvalue weighted by molar-refractivity contribution is 7.98. The van der Waals surface area contributed by atoms with E-state index < -0.39 is 11.6 Å². The molecule has 1 aromatic rings. The van der Waals surface area contributed by atoms with Crippen LogP contribution >= 0.6 is 11.8 Å². The summed E-state index contributed by atoms with van der Waals surface area (Å²) in [6.45, 7) is 2.48. The van der Waals surface area contributed by atoms with Crippen molar-refractivity contribution in [1.29, 1.82) is 0 Å². The Balaban J connectivity index is 2.50. The summed E-state index contributed by atoms with van der Waals surface area (Å²) in [4.78, 5) is 0. The van der Waals surface area contributed by atoms with Crippen LogP contribution in [-0.2, 0) is 6.54 Å². The molecule has 0 heterocycles. The molecule has 1 nitrogen and oxygen atoms in total. The Morgan fingerprint density at radius 2 is 2.13 bits per heavy atom. The van der Waals surface area contributed by atoms with Crippen molar-refractivity contribution in [3.63, 3.8) is 0 Å². The molecule has 0 spiro atoms. The highest BCUT2D eigenvalue weighted by atomic mass is 32.2. The second-order valence-electron chi connectivity index (χ2n) is 3.47. The minimum atomic E-state index is -0.534. The monoisotopic (exact) mass is 231 g/mol. The Morgan fingerprint density at radius 1 is 1.40 bits per heavy atom. The molecule has 0 amide bonds. The smallest absolute Gasteiger partial charge is 0.130 e. The fourth-order valence-electron chi connectivity index (χ4n) is 1.26. The summed E-state index contributed by atoms with van der Waals surface area (Å²) in [5, 5.41) is 3.18. The number of halogens is 2. The lowest BCUT2D eigenvalue weighted by Gasteiger charge is -2.12. The molecule has 0 bridgehead atoms. The first kappa shape index (κ1) is 12.5. The molecule has 0 fully saturated rings. The molecule has 0 aliphatic carbocycles. The topological polar surface area (TPSA) is 12.0 Å².